The third-order valence-corrected chi connectivity index (χ3v) is 4.11. The number of carbonyl (C=O) groups is 2. The van der Waals surface area contributed by atoms with E-state index in [1.807, 2.05) is 13.8 Å². The first-order valence-electron chi connectivity index (χ1n) is 8.58. The Kier molecular flexibility index (Phi) is 12.7. The molecule has 2 amide bonds. The van der Waals surface area contributed by atoms with Crippen molar-refractivity contribution >= 4 is 11.8 Å². The lowest BCUT2D eigenvalue weighted by atomic mass is 10.1. The van der Waals surface area contributed by atoms with Crippen LogP contribution in [0.5, 0.6) is 0 Å². The normalized spacial score (nSPS) is 13.0. The van der Waals surface area contributed by atoms with Crippen LogP contribution in [0.15, 0.2) is 25.3 Å². The highest BCUT2D eigenvalue weighted by molar-refractivity contribution is 5.87. The Bertz CT molecular complexity index is 390. The van der Waals surface area contributed by atoms with Gasteiger partial charge in [0.2, 0.25) is 11.8 Å². The molecule has 0 spiro atoms. The van der Waals surface area contributed by atoms with Gasteiger partial charge in [0.1, 0.15) is 13.5 Å². The molecule has 25 heavy (non-hydrogen) atoms. The molecule has 0 radical (unpaired) electrons. The molecule has 0 aromatic rings. The van der Waals surface area contributed by atoms with Gasteiger partial charge in [-0.3, -0.25) is 9.59 Å². The highest BCUT2D eigenvalue weighted by Crippen LogP contribution is 2.09. The minimum atomic E-state index is -0.324. The lowest BCUT2D eigenvalue weighted by molar-refractivity contribution is -0.133. The Hall–Kier alpha value is -1.70. The second-order valence-electron chi connectivity index (χ2n) is 5.90. The van der Waals surface area contributed by atoms with E-state index in [4.69, 9.17) is 4.74 Å². The van der Waals surface area contributed by atoms with E-state index in [2.05, 4.69) is 13.2 Å². The molecular weight excluding hydrogens is 324 g/mol. The van der Waals surface area contributed by atoms with Crippen LogP contribution in [0.4, 0.5) is 0 Å². The van der Waals surface area contributed by atoms with Crippen LogP contribution in [0, 0.1) is 0 Å². The molecule has 0 saturated carbocycles. The van der Waals surface area contributed by atoms with Crippen LogP contribution in [-0.2, 0) is 14.3 Å². The molecule has 0 aromatic carbocycles. The number of aliphatic hydroxyl groups is 2. The van der Waals surface area contributed by atoms with E-state index in [-0.39, 0.29) is 37.4 Å². The Balaban J connectivity index is 3.89. The van der Waals surface area contributed by atoms with Crippen molar-refractivity contribution in [2.45, 2.75) is 51.6 Å². The molecule has 2 unspecified atom stereocenters. The van der Waals surface area contributed by atoms with E-state index in [9.17, 15) is 19.8 Å². The molecule has 0 fully saturated rings. The van der Waals surface area contributed by atoms with E-state index >= 15 is 0 Å². The van der Waals surface area contributed by atoms with Gasteiger partial charge in [0.05, 0.1) is 0 Å². The minimum Gasteiger partial charge on any atom is -0.381 e. The zero-order valence-electron chi connectivity index (χ0n) is 15.4. The fourth-order valence-electron chi connectivity index (χ4n) is 2.46. The fraction of sp³-hybridized carbons (Fsp3) is 0.667. The molecule has 7 nitrogen and oxygen atoms in total. The van der Waals surface area contributed by atoms with Gasteiger partial charge >= 0.3 is 0 Å². The summed E-state index contributed by atoms with van der Waals surface area (Å²) < 4.78 is 5.56. The second-order valence-corrected chi connectivity index (χ2v) is 5.90. The molecule has 0 aliphatic carbocycles. The van der Waals surface area contributed by atoms with Crippen LogP contribution in [0.25, 0.3) is 0 Å². The number of nitrogens with zero attached hydrogens (tertiary/aromatic N) is 2. The zero-order chi connectivity index (χ0) is 19.2. The maximum Gasteiger partial charge on any atom is 0.248 e. The average Bonchev–Trinajstić information content (AvgIpc) is 2.61. The van der Waals surface area contributed by atoms with Crippen molar-refractivity contribution in [1.29, 1.82) is 0 Å². The van der Waals surface area contributed by atoms with Crippen LogP contribution in [0.2, 0.25) is 0 Å². The summed E-state index contributed by atoms with van der Waals surface area (Å²) in [5.74, 6) is -0.570. The number of carbonyl (C=O) groups excluding carboxylic acids is 2. The average molecular weight is 356 g/mol. The number of ether oxygens (including phenoxy) is 1. The quantitative estimate of drug-likeness (QED) is 0.278. The first kappa shape index (κ1) is 23.3. The Labute approximate surface area is 150 Å². The van der Waals surface area contributed by atoms with Gasteiger partial charge < -0.3 is 24.7 Å². The minimum absolute atomic E-state index is 0.0813. The molecule has 0 bridgehead atoms. The highest BCUT2D eigenvalue weighted by atomic mass is 16.5. The number of hydrogen-bond donors (Lipinski definition) is 2. The predicted octanol–water partition coefficient (Wildman–Crippen LogP) is 1.27. The summed E-state index contributed by atoms with van der Waals surface area (Å²) >= 11 is 0. The third kappa shape index (κ3) is 8.81. The van der Waals surface area contributed by atoms with Crippen molar-refractivity contribution in [3.05, 3.63) is 25.3 Å². The van der Waals surface area contributed by atoms with Gasteiger partial charge in [0, 0.05) is 25.3 Å². The van der Waals surface area contributed by atoms with E-state index in [0.29, 0.717) is 13.2 Å². The summed E-state index contributed by atoms with van der Waals surface area (Å²) in [6, 6.07) is -0.163. The Morgan fingerprint density at radius 3 is 1.56 bits per heavy atom. The van der Waals surface area contributed by atoms with E-state index in [1.165, 1.54) is 22.0 Å². The monoisotopic (exact) mass is 356 g/mol. The fourth-order valence-corrected chi connectivity index (χ4v) is 2.46. The molecule has 0 aromatic heterocycles. The smallest absolute Gasteiger partial charge is 0.248 e. The van der Waals surface area contributed by atoms with Crippen molar-refractivity contribution in [3.8, 4) is 0 Å². The number of rotatable bonds is 14. The topological polar surface area (TPSA) is 90.3 Å². The molecule has 2 N–H and O–H groups in total. The number of hydrogen-bond acceptors (Lipinski definition) is 5. The highest BCUT2D eigenvalue weighted by Gasteiger charge is 2.17. The third-order valence-electron chi connectivity index (χ3n) is 4.11. The Morgan fingerprint density at radius 1 is 0.920 bits per heavy atom. The van der Waals surface area contributed by atoms with Gasteiger partial charge in [-0.15, -0.1) is 0 Å². The first-order valence-corrected chi connectivity index (χ1v) is 8.58. The zero-order valence-corrected chi connectivity index (χ0v) is 15.4. The molecule has 0 aliphatic rings. The standard InChI is InChI=1S/C18H32N2O5/c1-5-17(23)19(13-21)15(3)9-7-11-25-12-8-10-16(4)20(14-22)18(24)6-2/h5-6,15-16,21-22H,1-2,7-14H2,3-4H3. The van der Waals surface area contributed by atoms with Crippen molar-refractivity contribution in [1.82, 2.24) is 9.80 Å². The van der Waals surface area contributed by atoms with Gasteiger partial charge in [-0.25, -0.2) is 0 Å². The maximum absolute atomic E-state index is 11.5. The molecule has 2 atom stereocenters. The van der Waals surface area contributed by atoms with Crippen LogP contribution in [0.1, 0.15) is 39.5 Å². The lowest BCUT2D eigenvalue weighted by Crippen LogP contribution is -2.38. The van der Waals surface area contributed by atoms with E-state index in [1.54, 1.807) is 0 Å². The summed E-state index contributed by atoms with van der Waals surface area (Å²) in [6.45, 7) is 11.1. The van der Waals surface area contributed by atoms with Gasteiger partial charge in [0.25, 0.3) is 0 Å². The number of amides is 2. The van der Waals surface area contributed by atoms with Crippen LogP contribution in [0.3, 0.4) is 0 Å². The second kappa shape index (κ2) is 13.6. The van der Waals surface area contributed by atoms with Gasteiger partial charge in [0.15, 0.2) is 0 Å². The molecule has 0 heterocycles. The van der Waals surface area contributed by atoms with Crippen molar-refractivity contribution in [2.24, 2.45) is 0 Å². The number of aliphatic hydroxyl groups excluding tert-OH is 2. The molecule has 144 valence electrons. The van der Waals surface area contributed by atoms with E-state index in [0.717, 1.165) is 25.7 Å². The maximum atomic E-state index is 11.5. The summed E-state index contributed by atoms with van der Waals surface area (Å²) in [5, 5.41) is 18.4. The SMILES string of the molecule is C=CC(=O)N(CO)C(C)CCCOCCCC(C)N(CO)C(=O)C=C. The molecular formula is C18H32N2O5. The van der Waals surface area contributed by atoms with Gasteiger partial charge in [-0.05, 0) is 51.7 Å². The van der Waals surface area contributed by atoms with Crippen LogP contribution in [-0.4, -0.2) is 70.6 Å². The predicted molar refractivity (Wildman–Crippen MR) is 96.5 cm³/mol. The molecule has 7 heteroatoms. The largest absolute Gasteiger partial charge is 0.381 e. The van der Waals surface area contributed by atoms with Crippen molar-refractivity contribution < 1.29 is 24.5 Å². The van der Waals surface area contributed by atoms with Crippen LogP contribution < -0.4 is 0 Å². The van der Waals surface area contributed by atoms with Gasteiger partial charge in [-0.2, -0.15) is 0 Å². The lowest BCUT2D eigenvalue weighted by Gasteiger charge is -2.26. The summed E-state index contributed by atoms with van der Waals surface area (Å²) in [6.07, 6.45) is 5.38. The summed E-state index contributed by atoms with van der Waals surface area (Å²) in [4.78, 5) is 25.8. The molecule has 0 saturated heterocycles. The molecule has 0 aliphatic heterocycles. The van der Waals surface area contributed by atoms with Gasteiger partial charge in [-0.1, -0.05) is 13.2 Å². The van der Waals surface area contributed by atoms with Crippen molar-refractivity contribution in [2.75, 3.05) is 26.7 Å². The van der Waals surface area contributed by atoms with E-state index < -0.39 is 0 Å². The summed E-state index contributed by atoms with van der Waals surface area (Å²) in [7, 11) is 0. The summed E-state index contributed by atoms with van der Waals surface area (Å²) in [5.41, 5.74) is 0. The van der Waals surface area contributed by atoms with Crippen LogP contribution >= 0.6 is 0 Å². The Morgan fingerprint density at radius 2 is 1.28 bits per heavy atom. The first-order chi connectivity index (χ1) is 11.9. The van der Waals surface area contributed by atoms with Crippen molar-refractivity contribution in [3.63, 3.8) is 0 Å². The molecule has 0 rings (SSSR count).